The molecule has 0 atom stereocenters. The number of carbonyl (C=O) groups excluding carboxylic acids is 1. The van der Waals surface area contributed by atoms with Gasteiger partial charge in [0.25, 0.3) is 5.69 Å². The zero-order valence-electron chi connectivity index (χ0n) is 13.5. The number of benzene rings is 2. The van der Waals surface area contributed by atoms with Crippen molar-refractivity contribution in [2.45, 2.75) is 6.92 Å². The number of non-ortho nitro benzene ring substituents is 1. The second-order valence-corrected chi connectivity index (χ2v) is 5.24. The smallest absolute Gasteiger partial charge is 0.342 e. The van der Waals surface area contributed by atoms with E-state index in [2.05, 4.69) is 0 Å². The highest BCUT2D eigenvalue weighted by Gasteiger charge is 2.21. The summed E-state index contributed by atoms with van der Waals surface area (Å²) in [5.74, 6) is 0.353. The molecule has 0 aliphatic rings. The van der Waals surface area contributed by atoms with Gasteiger partial charge in [0.05, 0.1) is 11.5 Å². The number of hydrogen-bond donors (Lipinski definition) is 0. The van der Waals surface area contributed by atoms with E-state index in [1.54, 1.807) is 25.1 Å². The van der Waals surface area contributed by atoms with Crippen LogP contribution in [0.25, 0.3) is 22.6 Å². The SMILES string of the molecule is CCOC(=O)c1cc(-c2ccccc2)oc1-c1ccc([N+](=O)[O-])cc1. The van der Waals surface area contributed by atoms with E-state index in [9.17, 15) is 14.9 Å². The van der Waals surface area contributed by atoms with Gasteiger partial charge in [0.15, 0.2) is 0 Å². The van der Waals surface area contributed by atoms with Gasteiger partial charge < -0.3 is 9.15 Å². The summed E-state index contributed by atoms with van der Waals surface area (Å²) < 4.78 is 11.0. The van der Waals surface area contributed by atoms with Gasteiger partial charge in [0, 0.05) is 23.3 Å². The van der Waals surface area contributed by atoms with Gasteiger partial charge in [-0.3, -0.25) is 10.1 Å². The molecule has 0 radical (unpaired) electrons. The Morgan fingerprint density at radius 3 is 2.36 bits per heavy atom. The Kier molecular flexibility index (Phi) is 4.61. The molecular formula is C19H15NO5. The van der Waals surface area contributed by atoms with E-state index in [4.69, 9.17) is 9.15 Å². The molecule has 6 heteroatoms. The molecule has 0 saturated carbocycles. The highest BCUT2D eigenvalue weighted by molar-refractivity contribution is 5.97. The van der Waals surface area contributed by atoms with Crippen LogP contribution in [0.3, 0.4) is 0 Å². The largest absolute Gasteiger partial charge is 0.462 e. The first-order chi connectivity index (χ1) is 12.1. The summed E-state index contributed by atoms with van der Waals surface area (Å²) in [5, 5.41) is 10.8. The first-order valence-corrected chi connectivity index (χ1v) is 7.71. The van der Waals surface area contributed by atoms with E-state index in [0.717, 1.165) is 5.56 Å². The molecular weight excluding hydrogens is 322 g/mol. The van der Waals surface area contributed by atoms with Gasteiger partial charge in [0.2, 0.25) is 0 Å². The second-order valence-electron chi connectivity index (χ2n) is 5.24. The van der Waals surface area contributed by atoms with Gasteiger partial charge in [0.1, 0.15) is 17.1 Å². The lowest BCUT2D eigenvalue weighted by Gasteiger charge is -2.02. The normalized spacial score (nSPS) is 10.4. The Hall–Kier alpha value is -3.41. The molecule has 0 spiro atoms. The minimum atomic E-state index is -0.498. The van der Waals surface area contributed by atoms with E-state index >= 15 is 0 Å². The van der Waals surface area contributed by atoms with Crippen LogP contribution in [0.2, 0.25) is 0 Å². The van der Waals surface area contributed by atoms with Crippen LogP contribution in [-0.2, 0) is 4.74 Å². The van der Waals surface area contributed by atoms with Crippen molar-refractivity contribution in [1.82, 2.24) is 0 Å². The third kappa shape index (κ3) is 3.42. The van der Waals surface area contributed by atoms with Gasteiger partial charge in [-0.05, 0) is 25.1 Å². The molecule has 126 valence electrons. The van der Waals surface area contributed by atoms with Crippen LogP contribution in [0.15, 0.2) is 65.1 Å². The van der Waals surface area contributed by atoms with E-state index in [-0.39, 0.29) is 17.9 Å². The molecule has 1 heterocycles. The number of hydrogen-bond acceptors (Lipinski definition) is 5. The molecule has 3 aromatic rings. The lowest BCUT2D eigenvalue weighted by Crippen LogP contribution is -2.04. The van der Waals surface area contributed by atoms with Gasteiger partial charge in [-0.15, -0.1) is 0 Å². The maximum atomic E-state index is 12.3. The van der Waals surface area contributed by atoms with Crippen LogP contribution < -0.4 is 0 Å². The fourth-order valence-electron chi connectivity index (χ4n) is 2.45. The topological polar surface area (TPSA) is 82.6 Å². The van der Waals surface area contributed by atoms with Crippen molar-refractivity contribution in [2.75, 3.05) is 6.61 Å². The summed E-state index contributed by atoms with van der Waals surface area (Å²) in [4.78, 5) is 22.6. The van der Waals surface area contributed by atoms with Crippen molar-refractivity contribution in [3.63, 3.8) is 0 Å². The molecule has 1 aromatic heterocycles. The van der Waals surface area contributed by atoms with Crippen LogP contribution in [0.1, 0.15) is 17.3 Å². The standard InChI is InChI=1S/C19H15NO5/c1-2-24-19(21)16-12-17(13-6-4-3-5-7-13)25-18(16)14-8-10-15(11-9-14)20(22)23/h3-12H,2H2,1H3. The first-order valence-electron chi connectivity index (χ1n) is 7.71. The number of nitro benzene ring substituents is 1. The fraction of sp³-hybridized carbons (Fsp3) is 0.105. The molecule has 0 unspecified atom stereocenters. The van der Waals surface area contributed by atoms with Gasteiger partial charge in [-0.1, -0.05) is 30.3 Å². The minimum Gasteiger partial charge on any atom is -0.462 e. The third-order valence-corrected chi connectivity index (χ3v) is 3.63. The van der Waals surface area contributed by atoms with E-state index < -0.39 is 10.9 Å². The quantitative estimate of drug-likeness (QED) is 0.383. The Balaban J connectivity index is 2.08. The molecule has 0 N–H and O–H groups in total. The number of carbonyl (C=O) groups is 1. The number of furan rings is 1. The number of nitrogens with zero attached hydrogens (tertiary/aromatic N) is 1. The van der Waals surface area contributed by atoms with Crippen molar-refractivity contribution in [1.29, 1.82) is 0 Å². The molecule has 2 aromatic carbocycles. The highest BCUT2D eigenvalue weighted by Crippen LogP contribution is 2.33. The van der Waals surface area contributed by atoms with Gasteiger partial charge in [-0.2, -0.15) is 0 Å². The molecule has 0 fully saturated rings. The minimum absolute atomic E-state index is 0.0312. The molecule has 0 bridgehead atoms. The Labute approximate surface area is 143 Å². The van der Waals surface area contributed by atoms with Gasteiger partial charge in [-0.25, -0.2) is 4.79 Å². The summed E-state index contributed by atoms with van der Waals surface area (Å²) in [6, 6.07) is 16.8. The summed E-state index contributed by atoms with van der Waals surface area (Å²) in [5.41, 5.74) is 1.64. The lowest BCUT2D eigenvalue weighted by atomic mass is 10.1. The Bertz CT molecular complexity index is 897. The monoisotopic (exact) mass is 337 g/mol. The molecule has 3 rings (SSSR count). The second kappa shape index (κ2) is 7.00. The summed E-state index contributed by atoms with van der Waals surface area (Å²) in [6.07, 6.45) is 0. The zero-order chi connectivity index (χ0) is 17.8. The number of nitro groups is 1. The van der Waals surface area contributed by atoms with Crippen molar-refractivity contribution >= 4 is 11.7 Å². The maximum absolute atomic E-state index is 12.3. The van der Waals surface area contributed by atoms with E-state index in [1.165, 1.54) is 12.1 Å². The van der Waals surface area contributed by atoms with Crippen molar-refractivity contribution in [3.8, 4) is 22.6 Å². The van der Waals surface area contributed by atoms with Crippen LogP contribution >= 0.6 is 0 Å². The molecule has 25 heavy (non-hydrogen) atoms. The molecule has 0 saturated heterocycles. The lowest BCUT2D eigenvalue weighted by molar-refractivity contribution is -0.384. The first kappa shape index (κ1) is 16.4. The van der Waals surface area contributed by atoms with Crippen molar-refractivity contribution in [2.24, 2.45) is 0 Å². The molecule has 0 aliphatic heterocycles. The Morgan fingerprint density at radius 2 is 1.76 bits per heavy atom. The molecule has 0 aliphatic carbocycles. The van der Waals surface area contributed by atoms with Crippen LogP contribution in [0.5, 0.6) is 0 Å². The third-order valence-electron chi connectivity index (χ3n) is 3.63. The van der Waals surface area contributed by atoms with E-state index in [1.807, 2.05) is 30.3 Å². The summed E-state index contributed by atoms with van der Waals surface area (Å²) in [6.45, 7) is 1.96. The molecule has 6 nitrogen and oxygen atoms in total. The highest BCUT2D eigenvalue weighted by atomic mass is 16.6. The Morgan fingerprint density at radius 1 is 1.08 bits per heavy atom. The number of esters is 1. The van der Waals surface area contributed by atoms with E-state index in [0.29, 0.717) is 17.1 Å². The predicted molar refractivity (Wildman–Crippen MR) is 92.2 cm³/mol. The average molecular weight is 337 g/mol. The predicted octanol–water partition coefficient (Wildman–Crippen LogP) is 4.70. The molecule has 0 amide bonds. The zero-order valence-corrected chi connectivity index (χ0v) is 13.5. The summed E-state index contributed by atoms with van der Waals surface area (Å²) in [7, 11) is 0. The van der Waals surface area contributed by atoms with Crippen LogP contribution in [0.4, 0.5) is 5.69 Å². The number of rotatable bonds is 5. The maximum Gasteiger partial charge on any atom is 0.342 e. The fourth-order valence-corrected chi connectivity index (χ4v) is 2.45. The number of ether oxygens (including phenoxy) is 1. The van der Waals surface area contributed by atoms with Crippen LogP contribution in [0, 0.1) is 10.1 Å². The van der Waals surface area contributed by atoms with Crippen molar-refractivity contribution < 1.29 is 18.9 Å². The average Bonchev–Trinajstić information content (AvgIpc) is 3.08. The summed E-state index contributed by atoms with van der Waals surface area (Å²) >= 11 is 0. The van der Waals surface area contributed by atoms with Crippen molar-refractivity contribution in [3.05, 3.63) is 76.3 Å². The van der Waals surface area contributed by atoms with Gasteiger partial charge >= 0.3 is 5.97 Å². The van der Waals surface area contributed by atoms with Crippen LogP contribution in [-0.4, -0.2) is 17.5 Å².